The second-order valence-corrected chi connectivity index (χ2v) is 7.55. The van der Waals surface area contributed by atoms with Crippen molar-refractivity contribution in [2.24, 2.45) is 0 Å². The third-order valence-electron chi connectivity index (χ3n) is 3.43. The van der Waals surface area contributed by atoms with Crippen LogP contribution in [0.15, 0.2) is 65.7 Å². The van der Waals surface area contributed by atoms with Gasteiger partial charge in [-0.05, 0) is 35.9 Å². The quantitative estimate of drug-likeness (QED) is 0.723. The molecule has 0 radical (unpaired) electrons. The fraction of sp³-hybridized carbons (Fsp3) is 0.0588. The number of benzene rings is 2. The van der Waals surface area contributed by atoms with Gasteiger partial charge in [0.15, 0.2) is 9.84 Å². The van der Waals surface area contributed by atoms with Gasteiger partial charge in [0.2, 0.25) is 0 Å². The van der Waals surface area contributed by atoms with Crippen molar-refractivity contribution in [3.63, 3.8) is 0 Å². The summed E-state index contributed by atoms with van der Waals surface area (Å²) in [6.07, 6.45) is 2.81. The molecule has 1 heterocycles. The van der Waals surface area contributed by atoms with Crippen LogP contribution in [0.4, 0.5) is 0 Å². The normalized spacial score (nSPS) is 11.4. The minimum Gasteiger partial charge on any atom is -0.224 e. The fourth-order valence-electron chi connectivity index (χ4n) is 2.27. The van der Waals surface area contributed by atoms with Gasteiger partial charge < -0.3 is 0 Å². The number of nitrogens with zero attached hydrogens (tertiary/aromatic N) is 2. The zero-order chi connectivity index (χ0) is 16.4. The van der Waals surface area contributed by atoms with Crippen molar-refractivity contribution < 1.29 is 8.42 Å². The van der Waals surface area contributed by atoms with Crippen LogP contribution in [-0.2, 0) is 9.84 Å². The molecule has 0 atom stereocenters. The fourth-order valence-corrected chi connectivity index (χ4v) is 3.02. The Hall–Kier alpha value is -2.24. The van der Waals surface area contributed by atoms with E-state index in [4.69, 9.17) is 11.6 Å². The number of hydrogen-bond acceptors (Lipinski definition) is 4. The molecule has 0 unspecified atom stereocenters. The molecular weight excluding hydrogens is 332 g/mol. The molecule has 3 rings (SSSR count). The van der Waals surface area contributed by atoms with Gasteiger partial charge >= 0.3 is 0 Å². The first kappa shape index (κ1) is 15.6. The van der Waals surface area contributed by atoms with Gasteiger partial charge in [-0.3, -0.25) is 0 Å². The van der Waals surface area contributed by atoms with Gasteiger partial charge in [0.1, 0.15) is 5.69 Å². The average molecular weight is 345 g/mol. The molecule has 0 saturated carbocycles. The Morgan fingerprint density at radius 2 is 1.48 bits per heavy atom. The second kappa shape index (κ2) is 6.10. The molecule has 4 nitrogen and oxygen atoms in total. The summed E-state index contributed by atoms with van der Waals surface area (Å²) in [6, 6.07) is 15.9. The van der Waals surface area contributed by atoms with E-state index >= 15 is 0 Å². The van der Waals surface area contributed by atoms with Gasteiger partial charge in [-0.1, -0.05) is 35.9 Å². The molecule has 3 aromatic rings. The molecule has 0 aliphatic carbocycles. The highest BCUT2D eigenvalue weighted by atomic mass is 35.5. The maximum absolute atomic E-state index is 11.6. The zero-order valence-electron chi connectivity index (χ0n) is 12.3. The summed E-state index contributed by atoms with van der Waals surface area (Å²) in [5.74, 6) is 0. The third kappa shape index (κ3) is 3.41. The van der Waals surface area contributed by atoms with Crippen molar-refractivity contribution >= 4 is 21.4 Å². The van der Waals surface area contributed by atoms with Crippen LogP contribution in [0.3, 0.4) is 0 Å². The van der Waals surface area contributed by atoms with Crippen LogP contribution >= 0.6 is 11.6 Å². The lowest BCUT2D eigenvalue weighted by Gasteiger charge is -2.09. The molecule has 116 valence electrons. The number of hydrogen-bond donors (Lipinski definition) is 0. The maximum Gasteiger partial charge on any atom is 0.175 e. The smallest absolute Gasteiger partial charge is 0.175 e. The van der Waals surface area contributed by atoms with Crippen molar-refractivity contribution in [1.29, 1.82) is 0 Å². The molecule has 0 aliphatic heterocycles. The predicted molar refractivity (Wildman–Crippen MR) is 91.0 cm³/mol. The Bertz CT molecular complexity index is 937. The van der Waals surface area contributed by atoms with Crippen LogP contribution < -0.4 is 0 Å². The zero-order valence-corrected chi connectivity index (χ0v) is 13.8. The van der Waals surface area contributed by atoms with Gasteiger partial charge in [-0.2, -0.15) is 5.10 Å². The highest BCUT2D eigenvalue weighted by molar-refractivity contribution is 7.90. The van der Waals surface area contributed by atoms with Crippen molar-refractivity contribution in [3.8, 4) is 22.4 Å². The Balaban J connectivity index is 2.09. The predicted octanol–water partition coefficient (Wildman–Crippen LogP) is 3.87. The monoisotopic (exact) mass is 344 g/mol. The molecule has 1 aromatic heterocycles. The van der Waals surface area contributed by atoms with E-state index in [2.05, 4.69) is 10.2 Å². The minimum atomic E-state index is -3.22. The molecule has 0 bridgehead atoms. The van der Waals surface area contributed by atoms with Gasteiger partial charge in [0.05, 0.1) is 11.1 Å². The van der Waals surface area contributed by atoms with Crippen molar-refractivity contribution in [1.82, 2.24) is 10.2 Å². The average Bonchev–Trinajstić information content (AvgIpc) is 2.55. The highest BCUT2D eigenvalue weighted by Crippen LogP contribution is 2.30. The summed E-state index contributed by atoms with van der Waals surface area (Å²) in [5.41, 5.74) is 3.36. The molecular formula is C17H13ClN2O2S. The van der Waals surface area contributed by atoms with E-state index in [0.29, 0.717) is 10.7 Å². The summed E-state index contributed by atoms with van der Waals surface area (Å²) < 4.78 is 23.1. The number of rotatable bonds is 3. The minimum absolute atomic E-state index is 0.276. The van der Waals surface area contributed by atoms with E-state index < -0.39 is 9.84 Å². The number of aromatic nitrogens is 2. The van der Waals surface area contributed by atoms with Crippen LogP contribution in [0.2, 0.25) is 5.02 Å². The van der Waals surface area contributed by atoms with E-state index in [0.717, 1.165) is 16.7 Å². The SMILES string of the molecule is CS(=O)(=O)c1ccc(-c2nnccc2-c2ccc(Cl)cc2)cc1. The summed E-state index contributed by atoms with van der Waals surface area (Å²) in [7, 11) is -3.22. The van der Waals surface area contributed by atoms with Crippen molar-refractivity contribution in [2.45, 2.75) is 4.90 Å². The van der Waals surface area contributed by atoms with E-state index in [1.165, 1.54) is 6.26 Å². The molecule has 0 aliphatic rings. The Morgan fingerprint density at radius 1 is 0.870 bits per heavy atom. The number of halogens is 1. The molecule has 0 saturated heterocycles. The molecule has 2 aromatic carbocycles. The third-order valence-corrected chi connectivity index (χ3v) is 4.81. The molecule has 0 spiro atoms. The van der Waals surface area contributed by atoms with E-state index in [1.807, 2.05) is 30.3 Å². The summed E-state index contributed by atoms with van der Waals surface area (Å²) in [5, 5.41) is 8.81. The van der Waals surface area contributed by atoms with Gasteiger partial charge in [0, 0.05) is 22.4 Å². The first-order valence-corrected chi connectivity index (χ1v) is 9.10. The van der Waals surface area contributed by atoms with Crippen LogP contribution in [-0.4, -0.2) is 24.9 Å². The second-order valence-electron chi connectivity index (χ2n) is 5.10. The van der Waals surface area contributed by atoms with Gasteiger partial charge in [0.25, 0.3) is 0 Å². The topological polar surface area (TPSA) is 59.9 Å². The first-order chi connectivity index (χ1) is 10.9. The van der Waals surface area contributed by atoms with Gasteiger partial charge in [-0.15, -0.1) is 5.10 Å². The van der Waals surface area contributed by atoms with Crippen molar-refractivity contribution in [2.75, 3.05) is 6.26 Å². The van der Waals surface area contributed by atoms with Crippen LogP contribution in [0, 0.1) is 0 Å². The van der Waals surface area contributed by atoms with Crippen LogP contribution in [0.5, 0.6) is 0 Å². The van der Waals surface area contributed by atoms with Crippen molar-refractivity contribution in [3.05, 3.63) is 65.8 Å². The summed E-state index contributed by atoms with van der Waals surface area (Å²) in [4.78, 5) is 0.276. The Kier molecular flexibility index (Phi) is 4.15. The molecule has 6 heteroatoms. The van der Waals surface area contributed by atoms with Crippen LogP contribution in [0.25, 0.3) is 22.4 Å². The summed E-state index contributed by atoms with van der Waals surface area (Å²) >= 11 is 5.93. The summed E-state index contributed by atoms with van der Waals surface area (Å²) in [6.45, 7) is 0. The Morgan fingerprint density at radius 3 is 2.09 bits per heavy atom. The largest absolute Gasteiger partial charge is 0.224 e. The van der Waals surface area contributed by atoms with Crippen LogP contribution in [0.1, 0.15) is 0 Å². The van der Waals surface area contributed by atoms with E-state index in [-0.39, 0.29) is 4.90 Å². The lowest BCUT2D eigenvalue weighted by atomic mass is 10.0. The maximum atomic E-state index is 11.6. The molecule has 0 amide bonds. The lowest BCUT2D eigenvalue weighted by molar-refractivity contribution is 0.602. The highest BCUT2D eigenvalue weighted by Gasteiger charge is 2.11. The lowest BCUT2D eigenvalue weighted by Crippen LogP contribution is -1.97. The Labute approximate surface area is 139 Å². The van der Waals surface area contributed by atoms with E-state index in [1.54, 1.807) is 30.5 Å². The molecule has 0 N–H and O–H groups in total. The number of sulfone groups is 1. The van der Waals surface area contributed by atoms with E-state index in [9.17, 15) is 8.42 Å². The molecule has 23 heavy (non-hydrogen) atoms. The standard InChI is InChI=1S/C17H13ClN2O2S/c1-23(21,22)15-8-4-13(5-9-15)17-16(10-11-19-20-17)12-2-6-14(18)7-3-12/h2-11H,1H3. The van der Waals surface area contributed by atoms with Gasteiger partial charge in [-0.25, -0.2) is 8.42 Å². The first-order valence-electron chi connectivity index (χ1n) is 6.83. The molecule has 0 fully saturated rings.